The van der Waals surface area contributed by atoms with Crippen molar-refractivity contribution in [1.82, 2.24) is 4.98 Å². The largest absolute Gasteiger partial charge is 0.378 e. The van der Waals surface area contributed by atoms with Crippen LogP contribution < -0.4 is 10.2 Å². The van der Waals surface area contributed by atoms with Crippen molar-refractivity contribution in [2.75, 3.05) is 36.5 Å². The van der Waals surface area contributed by atoms with Gasteiger partial charge in [0.25, 0.3) is 0 Å². The van der Waals surface area contributed by atoms with E-state index < -0.39 is 0 Å². The summed E-state index contributed by atoms with van der Waals surface area (Å²) < 4.78 is 5.41. The lowest BCUT2D eigenvalue weighted by Gasteiger charge is -2.31. The van der Waals surface area contributed by atoms with Crippen LogP contribution in [0.15, 0.2) is 36.4 Å². The van der Waals surface area contributed by atoms with E-state index in [1.807, 2.05) is 30.3 Å². The Balaban J connectivity index is 2.09. The van der Waals surface area contributed by atoms with Crippen molar-refractivity contribution in [3.63, 3.8) is 0 Å². The molecule has 2 heterocycles. The average molecular weight is 321 g/mol. The molecule has 6 heteroatoms. The topological polar surface area (TPSA) is 85.0 Å². The fourth-order valence-electron chi connectivity index (χ4n) is 2.76. The summed E-state index contributed by atoms with van der Waals surface area (Å²) in [5.41, 5.74) is 3.19. The highest BCUT2D eigenvalue weighted by molar-refractivity contribution is 6.06. The molecule has 0 bridgehead atoms. The van der Waals surface area contributed by atoms with E-state index in [2.05, 4.69) is 21.3 Å². The molecule has 122 valence electrons. The van der Waals surface area contributed by atoms with Crippen molar-refractivity contribution in [2.24, 2.45) is 0 Å². The lowest BCUT2D eigenvalue weighted by atomic mass is 10.1. The third kappa shape index (κ3) is 3.36. The summed E-state index contributed by atoms with van der Waals surface area (Å²) in [5, 5.41) is 20.8. The molecule has 1 saturated heterocycles. The quantitative estimate of drug-likeness (QED) is 0.846. The van der Waals surface area contributed by atoms with E-state index in [1.54, 1.807) is 13.0 Å². The van der Waals surface area contributed by atoms with Gasteiger partial charge in [-0.15, -0.1) is 0 Å². The molecular weight excluding hydrogens is 302 g/mol. The van der Waals surface area contributed by atoms with Gasteiger partial charge in [-0.1, -0.05) is 18.2 Å². The summed E-state index contributed by atoms with van der Waals surface area (Å²) in [4.78, 5) is 6.54. The number of benzene rings is 1. The monoisotopic (exact) mass is 321 g/mol. The zero-order chi connectivity index (χ0) is 16.9. The molecule has 0 aliphatic carbocycles. The number of nitrogens with one attached hydrogen (secondary N) is 2. The minimum absolute atomic E-state index is 0.333. The first-order valence-electron chi connectivity index (χ1n) is 7.84. The van der Waals surface area contributed by atoms with Gasteiger partial charge >= 0.3 is 0 Å². The van der Waals surface area contributed by atoms with Crippen LogP contribution in [0.1, 0.15) is 18.2 Å². The number of hydrogen-bond donors (Lipinski definition) is 2. The van der Waals surface area contributed by atoms with Crippen LogP contribution in [0.4, 0.5) is 17.2 Å². The lowest BCUT2D eigenvalue weighted by Crippen LogP contribution is -2.37. The molecule has 0 saturated carbocycles. The van der Waals surface area contributed by atoms with Crippen molar-refractivity contribution in [3.8, 4) is 6.07 Å². The molecule has 0 radical (unpaired) electrons. The van der Waals surface area contributed by atoms with Crippen LogP contribution >= 0.6 is 0 Å². The number of aromatic nitrogens is 1. The molecule has 1 aliphatic rings. The molecule has 1 aromatic carbocycles. The van der Waals surface area contributed by atoms with Crippen LogP contribution in [-0.4, -0.2) is 37.0 Å². The van der Waals surface area contributed by atoms with E-state index >= 15 is 0 Å². The van der Waals surface area contributed by atoms with Crippen LogP contribution in [0, 0.1) is 16.7 Å². The maximum Gasteiger partial charge on any atom is 0.145 e. The Morgan fingerprint density at radius 3 is 2.62 bits per heavy atom. The van der Waals surface area contributed by atoms with Crippen LogP contribution in [0.25, 0.3) is 0 Å². The van der Waals surface area contributed by atoms with Crippen LogP contribution in [0.5, 0.6) is 0 Å². The van der Waals surface area contributed by atoms with Crippen LogP contribution in [-0.2, 0) is 4.74 Å². The summed E-state index contributed by atoms with van der Waals surface area (Å²) in [7, 11) is 0. The highest BCUT2D eigenvalue weighted by Crippen LogP contribution is 2.30. The van der Waals surface area contributed by atoms with Crippen molar-refractivity contribution in [2.45, 2.75) is 6.92 Å². The third-order valence-corrected chi connectivity index (χ3v) is 3.88. The molecule has 1 aromatic heterocycles. The number of hydrogen-bond acceptors (Lipinski definition) is 6. The van der Waals surface area contributed by atoms with Gasteiger partial charge in [-0.3, -0.25) is 0 Å². The van der Waals surface area contributed by atoms with Crippen LogP contribution in [0.2, 0.25) is 0 Å². The Bertz CT molecular complexity index is 776. The van der Waals surface area contributed by atoms with E-state index in [0.29, 0.717) is 30.4 Å². The van der Waals surface area contributed by atoms with Crippen molar-refractivity contribution < 1.29 is 4.74 Å². The first-order valence-corrected chi connectivity index (χ1v) is 7.84. The number of anilines is 3. The van der Waals surface area contributed by atoms with Gasteiger partial charge in [-0.25, -0.2) is 4.98 Å². The normalized spacial score (nSPS) is 14.1. The molecule has 0 amide bonds. The van der Waals surface area contributed by atoms with E-state index in [-0.39, 0.29) is 0 Å². The number of rotatable bonds is 4. The molecule has 2 N–H and O–H groups in total. The maximum absolute atomic E-state index is 9.34. The number of ether oxygens (including phenoxy) is 1. The van der Waals surface area contributed by atoms with Gasteiger partial charge in [0.2, 0.25) is 0 Å². The molecule has 24 heavy (non-hydrogen) atoms. The lowest BCUT2D eigenvalue weighted by molar-refractivity contribution is 0.122. The van der Waals surface area contributed by atoms with Crippen molar-refractivity contribution in [3.05, 3.63) is 47.7 Å². The zero-order valence-electron chi connectivity index (χ0n) is 13.5. The molecule has 6 nitrogen and oxygen atoms in total. The molecule has 0 unspecified atom stereocenters. The first-order chi connectivity index (χ1) is 11.7. The predicted molar refractivity (Wildman–Crippen MR) is 94.2 cm³/mol. The van der Waals surface area contributed by atoms with Gasteiger partial charge < -0.3 is 20.4 Å². The van der Waals surface area contributed by atoms with E-state index in [4.69, 9.17) is 10.1 Å². The fourth-order valence-corrected chi connectivity index (χ4v) is 2.76. The van der Waals surface area contributed by atoms with Gasteiger partial charge in [0.05, 0.1) is 24.5 Å². The second-order valence-electron chi connectivity index (χ2n) is 5.58. The molecular formula is C18H19N5O. The van der Waals surface area contributed by atoms with Crippen molar-refractivity contribution >= 4 is 22.9 Å². The standard InChI is InChI=1S/C18H19N5O/c1-13(20)17-16(23-7-9-24-10-8-23)11-15(12-19)22-18(17)21-14-5-3-2-4-6-14/h2-6,11,20H,7-10H2,1H3,(H,21,22). The van der Waals surface area contributed by atoms with E-state index in [1.165, 1.54) is 0 Å². The van der Waals surface area contributed by atoms with Crippen LogP contribution in [0.3, 0.4) is 0 Å². The van der Waals surface area contributed by atoms with Gasteiger partial charge in [0.15, 0.2) is 0 Å². The van der Waals surface area contributed by atoms with E-state index in [9.17, 15) is 5.26 Å². The SMILES string of the molecule is CC(=N)c1c(N2CCOCC2)cc(C#N)nc1Nc1ccccc1. The second-order valence-corrected chi connectivity index (χ2v) is 5.58. The molecule has 1 aliphatic heterocycles. The molecule has 3 rings (SSSR count). The molecule has 0 spiro atoms. The number of nitriles is 1. The van der Waals surface area contributed by atoms with Gasteiger partial charge in [0, 0.05) is 24.5 Å². The summed E-state index contributed by atoms with van der Waals surface area (Å²) in [6.45, 7) is 4.49. The Hall–Kier alpha value is -2.91. The molecule has 2 aromatic rings. The summed E-state index contributed by atoms with van der Waals surface area (Å²) >= 11 is 0. The highest BCUT2D eigenvalue weighted by Gasteiger charge is 2.21. The summed E-state index contributed by atoms with van der Waals surface area (Å²) in [6.07, 6.45) is 0. The Kier molecular flexibility index (Phi) is 4.73. The minimum Gasteiger partial charge on any atom is -0.378 e. The Labute approximate surface area is 141 Å². The third-order valence-electron chi connectivity index (χ3n) is 3.88. The second kappa shape index (κ2) is 7.11. The maximum atomic E-state index is 9.34. The number of nitrogens with zero attached hydrogens (tertiary/aromatic N) is 3. The van der Waals surface area contributed by atoms with Crippen molar-refractivity contribution in [1.29, 1.82) is 10.7 Å². The minimum atomic E-state index is 0.333. The molecule has 1 fully saturated rings. The van der Waals surface area contributed by atoms with E-state index in [0.717, 1.165) is 30.0 Å². The number of morpholine rings is 1. The first kappa shape index (κ1) is 16.0. The smallest absolute Gasteiger partial charge is 0.145 e. The number of para-hydroxylation sites is 1. The molecule has 0 atom stereocenters. The van der Waals surface area contributed by atoms with Gasteiger partial charge in [-0.05, 0) is 25.1 Å². The Morgan fingerprint density at radius 2 is 2.00 bits per heavy atom. The Morgan fingerprint density at radius 1 is 1.29 bits per heavy atom. The summed E-state index contributed by atoms with van der Waals surface area (Å²) in [5.74, 6) is 0.536. The number of pyridine rings is 1. The van der Waals surface area contributed by atoms with Gasteiger partial charge in [-0.2, -0.15) is 5.26 Å². The average Bonchev–Trinajstić information content (AvgIpc) is 2.62. The summed E-state index contributed by atoms with van der Waals surface area (Å²) in [6, 6.07) is 13.5. The van der Waals surface area contributed by atoms with Gasteiger partial charge in [0.1, 0.15) is 17.6 Å². The zero-order valence-corrected chi connectivity index (χ0v) is 13.5. The predicted octanol–water partition coefficient (Wildman–Crippen LogP) is 2.92. The highest BCUT2D eigenvalue weighted by atomic mass is 16.5. The fraction of sp³-hybridized carbons (Fsp3) is 0.278.